The zero-order valence-electron chi connectivity index (χ0n) is 12.3. The maximum Gasteiger partial charge on any atom is 0.223 e. The summed E-state index contributed by atoms with van der Waals surface area (Å²) >= 11 is 3.42. The van der Waals surface area contributed by atoms with E-state index in [4.69, 9.17) is 4.74 Å². The van der Waals surface area contributed by atoms with E-state index in [9.17, 15) is 4.39 Å². The predicted molar refractivity (Wildman–Crippen MR) is 85.1 cm³/mol. The quantitative estimate of drug-likeness (QED) is 0.854. The summed E-state index contributed by atoms with van der Waals surface area (Å²) in [4.78, 5) is 4.07. The number of rotatable bonds is 5. The molecule has 0 fully saturated rings. The Labute approximate surface area is 132 Å². The van der Waals surface area contributed by atoms with Gasteiger partial charge in [-0.2, -0.15) is 0 Å². The monoisotopic (exact) mass is 352 g/mol. The van der Waals surface area contributed by atoms with E-state index < -0.39 is 0 Å². The number of halogens is 2. The van der Waals surface area contributed by atoms with Crippen LogP contribution in [-0.4, -0.2) is 11.0 Å². The molecule has 0 spiro atoms. The fourth-order valence-corrected chi connectivity index (χ4v) is 2.13. The number of aryl methyl sites for hydroxylation is 1. The Kier molecular flexibility index (Phi) is 5.31. The molecule has 1 N–H and O–H groups in total. The number of hydrogen-bond donors (Lipinski definition) is 1. The van der Waals surface area contributed by atoms with Gasteiger partial charge >= 0.3 is 0 Å². The third kappa shape index (κ3) is 4.51. The summed E-state index contributed by atoms with van der Waals surface area (Å²) in [5.74, 6) is 0.758. The van der Waals surface area contributed by atoms with Crippen LogP contribution in [0.25, 0.3) is 0 Å². The largest absolute Gasteiger partial charge is 0.438 e. The minimum Gasteiger partial charge on any atom is -0.438 e. The van der Waals surface area contributed by atoms with Gasteiger partial charge in [0.1, 0.15) is 11.6 Å². The highest BCUT2D eigenvalue weighted by atomic mass is 79.9. The smallest absolute Gasteiger partial charge is 0.223 e. The van der Waals surface area contributed by atoms with Gasteiger partial charge in [-0.05, 0) is 30.7 Å². The molecular formula is C16H18BrFN2O. The number of hydrogen-bond acceptors (Lipinski definition) is 3. The second-order valence-corrected chi connectivity index (χ2v) is 6.08. The zero-order valence-corrected chi connectivity index (χ0v) is 13.9. The van der Waals surface area contributed by atoms with Crippen molar-refractivity contribution in [2.75, 3.05) is 0 Å². The second kappa shape index (κ2) is 7.00. The molecular weight excluding hydrogens is 335 g/mol. The summed E-state index contributed by atoms with van der Waals surface area (Å²) in [6, 6.07) is 7.52. The molecule has 0 bridgehead atoms. The Hall–Kier alpha value is -1.46. The lowest BCUT2D eigenvalue weighted by molar-refractivity contribution is 0.442. The first-order valence-electron chi connectivity index (χ1n) is 6.77. The fourth-order valence-electron chi connectivity index (χ4n) is 1.79. The fraction of sp³-hybridized carbons (Fsp3) is 0.312. The Bertz CT molecular complexity index is 632. The average molecular weight is 353 g/mol. The molecule has 112 valence electrons. The molecule has 0 unspecified atom stereocenters. The number of aromatic nitrogens is 1. The molecule has 0 aliphatic rings. The molecule has 5 heteroatoms. The molecule has 0 radical (unpaired) electrons. The molecule has 0 saturated carbocycles. The van der Waals surface area contributed by atoms with Crippen molar-refractivity contribution < 1.29 is 9.13 Å². The molecule has 0 amide bonds. The van der Waals surface area contributed by atoms with Crippen molar-refractivity contribution in [1.29, 1.82) is 0 Å². The molecule has 1 aromatic carbocycles. The Morgan fingerprint density at radius 3 is 2.81 bits per heavy atom. The van der Waals surface area contributed by atoms with E-state index in [0.717, 1.165) is 10.0 Å². The molecule has 21 heavy (non-hydrogen) atoms. The summed E-state index contributed by atoms with van der Waals surface area (Å²) in [5, 5.41) is 3.25. The lowest BCUT2D eigenvalue weighted by Crippen LogP contribution is -2.22. The highest BCUT2D eigenvalue weighted by Gasteiger charge is 2.11. The third-order valence-corrected chi connectivity index (χ3v) is 3.44. The van der Waals surface area contributed by atoms with Crippen LogP contribution >= 0.6 is 15.9 Å². The van der Waals surface area contributed by atoms with Gasteiger partial charge in [-0.25, -0.2) is 9.37 Å². The molecule has 0 saturated heterocycles. The maximum atomic E-state index is 13.4. The Morgan fingerprint density at radius 2 is 2.10 bits per heavy atom. The molecule has 0 atom stereocenters. The van der Waals surface area contributed by atoms with Crippen molar-refractivity contribution in [3.05, 3.63) is 51.9 Å². The lowest BCUT2D eigenvalue weighted by atomic mass is 10.2. The van der Waals surface area contributed by atoms with Crippen LogP contribution in [0.2, 0.25) is 0 Å². The Balaban J connectivity index is 2.28. The average Bonchev–Trinajstić information content (AvgIpc) is 2.43. The van der Waals surface area contributed by atoms with E-state index in [1.54, 1.807) is 0 Å². The van der Waals surface area contributed by atoms with Gasteiger partial charge in [0.2, 0.25) is 5.88 Å². The van der Waals surface area contributed by atoms with Crippen molar-refractivity contribution in [3.8, 4) is 11.6 Å². The summed E-state index contributed by atoms with van der Waals surface area (Å²) in [6.45, 7) is 6.53. The summed E-state index contributed by atoms with van der Waals surface area (Å²) < 4.78 is 20.2. The Morgan fingerprint density at radius 1 is 1.33 bits per heavy atom. The van der Waals surface area contributed by atoms with E-state index >= 15 is 0 Å². The second-order valence-electron chi connectivity index (χ2n) is 5.17. The standard InChI is InChI=1S/C16H18BrFN2O/c1-10(2)19-8-12-6-14(18)9-20-16(12)21-15-7-13(17)5-4-11(15)3/h4-7,9-10,19H,8H2,1-3H3. The minimum absolute atomic E-state index is 0.300. The highest BCUT2D eigenvalue weighted by Crippen LogP contribution is 2.29. The normalized spacial score (nSPS) is 11.0. The summed E-state index contributed by atoms with van der Waals surface area (Å²) in [6.07, 6.45) is 1.17. The van der Waals surface area contributed by atoms with Gasteiger partial charge in [0.25, 0.3) is 0 Å². The number of pyridine rings is 1. The first-order valence-corrected chi connectivity index (χ1v) is 7.57. The van der Waals surface area contributed by atoms with Crippen LogP contribution in [0.3, 0.4) is 0 Å². The van der Waals surface area contributed by atoms with E-state index in [0.29, 0.717) is 29.8 Å². The van der Waals surface area contributed by atoms with Gasteiger partial charge < -0.3 is 10.1 Å². The van der Waals surface area contributed by atoms with Crippen LogP contribution in [0.1, 0.15) is 25.0 Å². The minimum atomic E-state index is -0.367. The maximum absolute atomic E-state index is 13.4. The first kappa shape index (κ1) is 15.9. The molecule has 0 aliphatic carbocycles. The van der Waals surface area contributed by atoms with Crippen LogP contribution < -0.4 is 10.1 Å². The van der Waals surface area contributed by atoms with Crippen molar-refractivity contribution in [1.82, 2.24) is 10.3 Å². The molecule has 3 nitrogen and oxygen atoms in total. The number of nitrogens with zero attached hydrogens (tertiary/aromatic N) is 1. The topological polar surface area (TPSA) is 34.1 Å². The van der Waals surface area contributed by atoms with Crippen LogP contribution in [-0.2, 0) is 6.54 Å². The zero-order chi connectivity index (χ0) is 15.4. The predicted octanol–water partition coefficient (Wildman–Crippen LogP) is 4.58. The van der Waals surface area contributed by atoms with Crippen molar-refractivity contribution in [3.63, 3.8) is 0 Å². The van der Waals surface area contributed by atoms with Crippen molar-refractivity contribution in [2.45, 2.75) is 33.4 Å². The van der Waals surface area contributed by atoms with E-state index in [-0.39, 0.29) is 5.82 Å². The highest BCUT2D eigenvalue weighted by molar-refractivity contribution is 9.10. The van der Waals surface area contributed by atoms with Crippen molar-refractivity contribution in [2.24, 2.45) is 0 Å². The van der Waals surface area contributed by atoms with E-state index in [2.05, 4.69) is 26.2 Å². The van der Waals surface area contributed by atoms with Gasteiger partial charge in [0.15, 0.2) is 0 Å². The summed E-state index contributed by atoms with van der Waals surface area (Å²) in [5.41, 5.74) is 1.69. The molecule has 1 aromatic heterocycles. The van der Waals surface area contributed by atoms with E-state index in [1.165, 1.54) is 12.3 Å². The van der Waals surface area contributed by atoms with Gasteiger partial charge in [-0.1, -0.05) is 35.8 Å². The van der Waals surface area contributed by atoms with Gasteiger partial charge in [0.05, 0.1) is 6.20 Å². The lowest BCUT2D eigenvalue weighted by Gasteiger charge is -2.14. The molecule has 1 heterocycles. The van der Waals surface area contributed by atoms with Crippen LogP contribution in [0, 0.1) is 12.7 Å². The number of benzene rings is 1. The van der Waals surface area contributed by atoms with Crippen LogP contribution in [0.15, 0.2) is 34.9 Å². The van der Waals surface area contributed by atoms with Crippen LogP contribution in [0.4, 0.5) is 4.39 Å². The van der Waals surface area contributed by atoms with Gasteiger partial charge in [-0.15, -0.1) is 0 Å². The number of nitrogens with one attached hydrogen (secondary N) is 1. The number of ether oxygens (including phenoxy) is 1. The van der Waals surface area contributed by atoms with Gasteiger partial charge in [0, 0.05) is 22.6 Å². The van der Waals surface area contributed by atoms with Gasteiger partial charge in [-0.3, -0.25) is 0 Å². The van der Waals surface area contributed by atoms with Crippen molar-refractivity contribution >= 4 is 15.9 Å². The van der Waals surface area contributed by atoms with Crippen LogP contribution in [0.5, 0.6) is 11.6 Å². The third-order valence-electron chi connectivity index (χ3n) is 2.95. The molecule has 2 rings (SSSR count). The molecule has 2 aromatic rings. The summed E-state index contributed by atoms with van der Waals surface area (Å²) in [7, 11) is 0. The SMILES string of the molecule is Cc1ccc(Br)cc1Oc1ncc(F)cc1CNC(C)C. The molecule has 0 aliphatic heterocycles. The van der Waals surface area contributed by atoms with E-state index in [1.807, 2.05) is 39.0 Å². The first-order chi connectivity index (χ1) is 9.95.